The Labute approximate surface area is 147 Å². The Balaban J connectivity index is 1.62. The molecule has 4 nitrogen and oxygen atoms in total. The zero-order valence-electron chi connectivity index (χ0n) is 12.0. The third kappa shape index (κ3) is 4.34. The molecule has 0 fully saturated rings. The van der Waals surface area contributed by atoms with Crippen LogP contribution in [0.4, 0.5) is 5.13 Å². The summed E-state index contributed by atoms with van der Waals surface area (Å²) in [7, 11) is 0. The summed E-state index contributed by atoms with van der Waals surface area (Å²) < 4.78 is 4.32. The molecule has 2 aromatic carbocycles. The van der Waals surface area contributed by atoms with Gasteiger partial charge in [-0.25, -0.2) is 4.98 Å². The largest absolute Gasteiger partial charge is 0.508 e. The monoisotopic (exact) mass is 365 g/mol. The minimum absolute atomic E-state index is 0.246. The van der Waals surface area contributed by atoms with Gasteiger partial charge in [-0.15, -0.1) is 0 Å². The van der Waals surface area contributed by atoms with Gasteiger partial charge in [0, 0.05) is 24.5 Å². The minimum atomic E-state index is 0.246. The van der Waals surface area contributed by atoms with E-state index in [0.29, 0.717) is 23.0 Å². The summed E-state index contributed by atoms with van der Waals surface area (Å²) in [6, 6.07) is 12.6. The lowest BCUT2D eigenvalue weighted by Gasteiger charge is -2.04. The molecule has 0 atom stereocenters. The Kier molecular flexibility index (Phi) is 5.00. The number of aromatic nitrogens is 2. The Morgan fingerprint density at radius 3 is 2.70 bits per heavy atom. The quantitative estimate of drug-likeness (QED) is 0.684. The Hall–Kier alpha value is -1.82. The zero-order valence-corrected chi connectivity index (χ0v) is 14.3. The fourth-order valence-corrected chi connectivity index (χ4v) is 2.97. The average Bonchev–Trinajstić information content (AvgIpc) is 2.96. The number of phenolic OH excluding ortho intramolecular Hbond substituents is 1. The molecule has 0 aliphatic heterocycles. The maximum Gasteiger partial charge on any atom is 0.202 e. The van der Waals surface area contributed by atoms with Crippen molar-refractivity contribution in [3.05, 3.63) is 69.5 Å². The SMILES string of the molecule is Oc1cccc(Cc2nsc(NCc3ccc(Cl)c(Cl)c3)n2)c1. The normalized spacial score (nSPS) is 10.7. The van der Waals surface area contributed by atoms with Crippen LogP contribution >= 0.6 is 34.7 Å². The Bertz CT molecular complexity index is 823. The number of hydrogen-bond donors (Lipinski definition) is 2. The Morgan fingerprint density at radius 2 is 1.91 bits per heavy atom. The summed E-state index contributed by atoms with van der Waals surface area (Å²) in [5.41, 5.74) is 1.99. The third-order valence-corrected chi connectivity index (χ3v) is 4.62. The Morgan fingerprint density at radius 1 is 1.04 bits per heavy atom. The van der Waals surface area contributed by atoms with E-state index in [1.807, 2.05) is 18.2 Å². The first-order valence-electron chi connectivity index (χ1n) is 6.88. The highest BCUT2D eigenvalue weighted by Gasteiger charge is 2.06. The van der Waals surface area contributed by atoms with Crippen LogP contribution < -0.4 is 5.32 Å². The van der Waals surface area contributed by atoms with Crippen molar-refractivity contribution in [2.24, 2.45) is 0 Å². The van der Waals surface area contributed by atoms with Gasteiger partial charge in [0.2, 0.25) is 5.13 Å². The number of rotatable bonds is 5. The van der Waals surface area contributed by atoms with Gasteiger partial charge in [0.15, 0.2) is 0 Å². The molecular weight excluding hydrogens is 353 g/mol. The lowest BCUT2D eigenvalue weighted by Crippen LogP contribution is -1.99. The number of phenols is 1. The maximum absolute atomic E-state index is 9.48. The molecule has 1 aromatic heterocycles. The standard InChI is InChI=1S/C16H13Cl2N3OS/c17-13-5-4-11(7-14(13)18)9-19-16-20-15(21-23-16)8-10-2-1-3-12(22)6-10/h1-7,22H,8-9H2,(H,19,20,21). The molecule has 0 aliphatic rings. The van der Waals surface area contributed by atoms with Crippen LogP contribution in [-0.4, -0.2) is 14.5 Å². The highest BCUT2D eigenvalue weighted by Crippen LogP contribution is 2.23. The van der Waals surface area contributed by atoms with Crippen LogP contribution in [0.3, 0.4) is 0 Å². The number of nitrogens with zero attached hydrogens (tertiary/aromatic N) is 2. The van der Waals surface area contributed by atoms with Gasteiger partial charge >= 0.3 is 0 Å². The van der Waals surface area contributed by atoms with E-state index >= 15 is 0 Å². The van der Waals surface area contributed by atoms with E-state index < -0.39 is 0 Å². The first-order chi connectivity index (χ1) is 11.1. The highest BCUT2D eigenvalue weighted by atomic mass is 35.5. The molecule has 0 bridgehead atoms. The first kappa shape index (κ1) is 16.1. The van der Waals surface area contributed by atoms with E-state index in [0.717, 1.165) is 22.1 Å². The molecule has 1 heterocycles. The third-order valence-electron chi connectivity index (χ3n) is 3.17. The zero-order chi connectivity index (χ0) is 16.2. The van der Waals surface area contributed by atoms with Crippen LogP contribution in [0.1, 0.15) is 17.0 Å². The second-order valence-corrected chi connectivity index (χ2v) is 6.53. The molecule has 0 saturated carbocycles. The molecule has 23 heavy (non-hydrogen) atoms. The molecule has 0 amide bonds. The predicted molar refractivity (Wildman–Crippen MR) is 94.6 cm³/mol. The molecule has 118 valence electrons. The lowest BCUT2D eigenvalue weighted by molar-refractivity contribution is 0.474. The van der Waals surface area contributed by atoms with Crippen molar-refractivity contribution in [1.82, 2.24) is 9.36 Å². The van der Waals surface area contributed by atoms with Gasteiger partial charge in [0.1, 0.15) is 11.6 Å². The summed E-state index contributed by atoms with van der Waals surface area (Å²) in [5.74, 6) is 0.966. The van der Waals surface area contributed by atoms with Crippen molar-refractivity contribution in [3.63, 3.8) is 0 Å². The molecule has 0 saturated heterocycles. The van der Waals surface area contributed by atoms with E-state index in [4.69, 9.17) is 23.2 Å². The molecule has 0 unspecified atom stereocenters. The van der Waals surface area contributed by atoms with Crippen LogP contribution in [0.2, 0.25) is 10.0 Å². The molecule has 0 spiro atoms. The van der Waals surface area contributed by atoms with E-state index in [1.54, 1.807) is 24.3 Å². The van der Waals surface area contributed by atoms with E-state index in [2.05, 4.69) is 14.7 Å². The van der Waals surface area contributed by atoms with Gasteiger partial charge in [-0.2, -0.15) is 4.37 Å². The summed E-state index contributed by atoms with van der Waals surface area (Å²) in [4.78, 5) is 4.45. The topological polar surface area (TPSA) is 58.0 Å². The molecule has 0 aliphatic carbocycles. The molecule has 3 rings (SSSR count). The molecule has 3 aromatic rings. The summed E-state index contributed by atoms with van der Waals surface area (Å²) >= 11 is 13.2. The number of hydrogen-bond acceptors (Lipinski definition) is 5. The van der Waals surface area contributed by atoms with Crippen LogP contribution in [-0.2, 0) is 13.0 Å². The number of benzene rings is 2. The van der Waals surface area contributed by atoms with E-state index in [-0.39, 0.29) is 5.75 Å². The fourth-order valence-electron chi connectivity index (χ4n) is 2.07. The van der Waals surface area contributed by atoms with Gasteiger partial charge in [0.25, 0.3) is 0 Å². The van der Waals surface area contributed by atoms with Crippen molar-refractivity contribution < 1.29 is 5.11 Å². The lowest BCUT2D eigenvalue weighted by atomic mass is 10.1. The van der Waals surface area contributed by atoms with Gasteiger partial charge in [-0.05, 0) is 35.4 Å². The van der Waals surface area contributed by atoms with Crippen molar-refractivity contribution >= 4 is 39.9 Å². The van der Waals surface area contributed by atoms with Crippen LogP contribution in [0.5, 0.6) is 5.75 Å². The van der Waals surface area contributed by atoms with Crippen LogP contribution in [0.15, 0.2) is 42.5 Å². The average molecular weight is 366 g/mol. The summed E-state index contributed by atoms with van der Waals surface area (Å²) in [5, 5.41) is 14.5. The van der Waals surface area contributed by atoms with Crippen molar-refractivity contribution in [3.8, 4) is 5.75 Å². The van der Waals surface area contributed by atoms with Gasteiger partial charge < -0.3 is 10.4 Å². The number of nitrogens with one attached hydrogen (secondary N) is 1. The summed E-state index contributed by atoms with van der Waals surface area (Å²) in [6.45, 7) is 0.595. The van der Waals surface area contributed by atoms with E-state index in [9.17, 15) is 5.11 Å². The van der Waals surface area contributed by atoms with Crippen LogP contribution in [0, 0.1) is 0 Å². The predicted octanol–water partition coefficient (Wildman–Crippen LogP) is 4.75. The van der Waals surface area contributed by atoms with Crippen molar-refractivity contribution in [2.45, 2.75) is 13.0 Å². The first-order valence-corrected chi connectivity index (χ1v) is 8.41. The number of aromatic hydroxyl groups is 1. The van der Waals surface area contributed by atoms with Crippen molar-refractivity contribution in [1.29, 1.82) is 0 Å². The smallest absolute Gasteiger partial charge is 0.202 e. The number of anilines is 1. The van der Waals surface area contributed by atoms with Crippen LogP contribution in [0.25, 0.3) is 0 Å². The molecule has 2 N–H and O–H groups in total. The maximum atomic E-state index is 9.48. The molecular formula is C16H13Cl2N3OS. The highest BCUT2D eigenvalue weighted by molar-refractivity contribution is 7.09. The van der Waals surface area contributed by atoms with Gasteiger partial charge in [-0.1, -0.05) is 41.4 Å². The minimum Gasteiger partial charge on any atom is -0.508 e. The van der Waals surface area contributed by atoms with Gasteiger partial charge in [0.05, 0.1) is 10.0 Å². The molecule has 7 heteroatoms. The second kappa shape index (κ2) is 7.17. The van der Waals surface area contributed by atoms with E-state index in [1.165, 1.54) is 11.5 Å². The fraction of sp³-hybridized carbons (Fsp3) is 0.125. The summed E-state index contributed by atoms with van der Waals surface area (Å²) in [6.07, 6.45) is 0.583. The number of halogens is 2. The second-order valence-electron chi connectivity index (χ2n) is 4.96. The van der Waals surface area contributed by atoms with Crippen molar-refractivity contribution in [2.75, 3.05) is 5.32 Å². The van der Waals surface area contributed by atoms with Gasteiger partial charge in [-0.3, -0.25) is 0 Å². The molecule has 0 radical (unpaired) electrons.